The number of nitrogens with zero attached hydrogens (tertiary/aromatic N) is 1. The van der Waals surface area contributed by atoms with Gasteiger partial charge in [-0.05, 0) is 38.8 Å². The van der Waals surface area contributed by atoms with Gasteiger partial charge in [0.2, 0.25) is 5.91 Å². The second-order valence-electron chi connectivity index (χ2n) is 7.16. The van der Waals surface area contributed by atoms with Gasteiger partial charge in [-0.3, -0.25) is 4.79 Å². The minimum atomic E-state index is -1.07. The summed E-state index contributed by atoms with van der Waals surface area (Å²) in [6.07, 6.45) is -1.60. The van der Waals surface area contributed by atoms with Gasteiger partial charge < -0.3 is 15.0 Å². The minimum absolute atomic E-state index is 0.0113. The summed E-state index contributed by atoms with van der Waals surface area (Å²) >= 11 is 0. The highest BCUT2D eigenvalue weighted by atomic mass is 19.1. The highest BCUT2D eigenvalue weighted by Crippen LogP contribution is 2.17. The monoisotopic (exact) mass is 354 g/mol. The standard InChI is InChI=1S/C18H24F2N2O3/c1-18(2,3)25-17(24)21-15(10-12-6-4-5-7-14(12)20)16(23)22-9-8-13(19)11-22/h4-7,13,15H,8-11H2,1-3H3,(H,21,24)/t13-,15?/m0/s1. The molecule has 138 valence electrons. The molecule has 1 heterocycles. The molecule has 1 aromatic rings. The molecule has 1 fully saturated rings. The summed E-state index contributed by atoms with van der Waals surface area (Å²) in [7, 11) is 0. The Morgan fingerprint density at radius 2 is 2.04 bits per heavy atom. The lowest BCUT2D eigenvalue weighted by Crippen LogP contribution is -2.50. The fraction of sp³-hybridized carbons (Fsp3) is 0.556. The fourth-order valence-electron chi connectivity index (χ4n) is 2.67. The molecule has 0 aromatic heterocycles. The van der Waals surface area contributed by atoms with E-state index in [1.807, 2.05) is 0 Å². The Morgan fingerprint density at radius 3 is 2.60 bits per heavy atom. The molecule has 1 aliphatic heterocycles. The number of hydrogen-bond donors (Lipinski definition) is 1. The molecule has 0 spiro atoms. The average Bonchev–Trinajstić information content (AvgIpc) is 2.92. The van der Waals surface area contributed by atoms with Crippen LogP contribution in [0.5, 0.6) is 0 Å². The number of alkyl halides is 1. The summed E-state index contributed by atoms with van der Waals surface area (Å²) in [5.41, 5.74) is -0.430. The van der Waals surface area contributed by atoms with Crippen molar-refractivity contribution in [1.82, 2.24) is 10.2 Å². The zero-order chi connectivity index (χ0) is 18.6. The lowest BCUT2D eigenvalue weighted by molar-refractivity contribution is -0.132. The highest BCUT2D eigenvalue weighted by molar-refractivity contribution is 5.86. The number of carbonyl (C=O) groups is 2. The molecule has 1 unspecified atom stereocenters. The first-order valence-electron chi connectivity index (χ1n) is 8.31. The van der Waals surface area contributed by atoms with E-state index in [2.05, 4.69) is 5.32 Å². The predicted octanol–water partition coefficient (Wildman–Crippen LogP) is 2.83. The zero-order valence-electron chi connectivity index (χ0n) is 14.7. The molecule has 1 N–H and O–H groups in total. The van der Waals surface area contributed by atoms with E-state index in [-0.39, 0.29) is 25.9 Å². The van der Waals surface area contributed by atoms with Gasteiger partial charge in [0.25, 0.3) is 0 Å². The van der Waals surface area contributed by atoms with Crippen LogP contribution in [0.2, 0.25) is 0 Å². The second-order valence-corrected chi connectivity index (χ2v) is 7.16. The summed E-state index contributed by atoms with van der Waals surface area (Å²) in [4.78, 5) is 26.1. The molecule has 1 saturated heterocycles. The van der Waals surface area contributed by atoms with Gasteiger partial charge in [0.1, 0.15) is 23.6 Å². The first kappa shape index (κ1) is 19.1. The minimum Gasteiger partial charge on any atom is -0.444 e. The lowest BCUT2D eigenvalue weighted by atomic mass is 10.0. The number of carbonyl (C=O) groups excluding carboxylic acids is 2. The number of ether oxygens (including phenoxy) is 1. The van der Waals surface area contributed by atoms with Gasteiger partial charge in [0.05, 0.1) is 6.54 Å². The molecule has 0 radical (unpaired) electrons. The van der Waals surface area contributed by atoms with E-state index >= 15 is 0 Å². The number of alkyl carbamates (subject to hydrolysis) is 1. The number of halogens is 2. The van der Waals surface area contributed by atoms with Gasteiger partial charge in [0.15, 0.2) is 0 Å². The Labute approximate surface area is 146 Å². The summed E-state index contributed by atoms with van der Waals surface area (Å²) in [5.74, 6) is -0.898. The van der Waals surface area contributed by atoms with Crippen molar-refractivity contribution in [3.63, 3.8) is 0 Å². The van der Waals surface area contributed by atoms with Crippen molar-refractivity contribution in [2.75, 3.05) is 13.1 Å². The number of amides is 2. The van der Waals surface area contributed by atoms with Crippen molar-refractivity contribution < 1.29 is 23.1 Å². The van der Waals surface area contributed by atoms with Crippen molar-refractivity contribution in [3.05, 3.63) is 35.6 Å². The van der Waals surface area contributed by atoms with E-state index in [4.69, 9.17) is 4.74 Å². The van der Waals surface area contributed by atoms with Crippen LogP contribution < -0.4 is 5.32 Å². The van der Waals surface area contributed by atoms with Crippen LogP contribution in [0, 0.1) is 5.82 Å². The molecule has 2 atom stereocenters. The van der Waals surface area contributed by atoms with Crippen LogP contribution in [0.4, 0.5) is 13.6 Å². The number of hydrogen-bond acceptors (Lipinski definition) is 3. The van der Waals surface area contributed by atoms with Crippen LogP contribution in [0.3, 0.4) is 0 Å². The largest absolute Gasteiger partial charge is 0.444 e. The van der Waals surface area contributed by atoms with Crippen molar-refractivity contribution in [2.24, 2.45) is 0 Å². The van der Waals surface area contributed by atoms with Gasteiger partial charge in [0, 0.05) is 13.0 Å². The maximum atomic E-state index is 13.9. The quantitative estimate of drug-likeness (QED) is 0.905. The van der Waals surface area contributed by atoms with Crippen molar-refractivity contribution in [1.29, 1.82) is 0 Å². The Bertz CT molecular complexity index is 631. The first-order valence-corrected chi connectivity index (χ1v) is 8.31. The molecule has 7 heteroatoms. The number of benzene rings is 1. The molecule has 0 bridgehead atoms. The zero-order valence-corrected chi connectivity index (χ0v) is 14.7. The molecule has 25 heavy (non-hydrogen) atoms. The van der Waals surface area contributed by atoms with E-state index in [0.29, 0.717) is 5.56 Å². The van der Waals surface area contributed by atoms with Gasteiger partial charge >= 0.3 is 6.09 Å². The maximum Gasteiger partial charge on any atom is 0.408 e. The lowest BCUT2D eigenvalue weighted by Gasteiger charge is -2.26. The smallest absolute Gasteiger partial charge is 0.408 e. The van der Waals surface area contributed by atoms with Gasteiger partial charge in [-0.25, -0.2) is 13.6 Å². The Balaban J connectivity index is 2.14. The third kappa shape index (κ3) is 5.69. The Kier molecular flexibility index (Phi) is 5.98. The highest BCUT2D eigenvalue weighted by Gasteiger charge is 2.33. The van der Waals surface area contributed by atoms with Crippen molar-refractivity contribution in [2.45, 2.75) is 51.4 Å². The van der Waals surface area contributed by atoms with E-state index in [9.17, 15) is 18.4 Å². The molecule has 0 aliphatic carbocycles. The van der Waals surface area contributed by atoms with E-state index < -0.39 is 35.6 Å². The average molecular weight is 354 g/mol. The molecular formula is C18H24F2N2O3. The topological polar surface area (TPSA) is 58.6 Å². The Hall–Kier alpha value is -2.18. The van der Waals surface area contributed by atoms with Crippen LogP contribution in [0.1, 0.15) is 32.8 Å². The summed E-state index contributed by atoms with van der Waals surface area (Å²) in [6.45, 7) is 5.38. The molecular weight excluding hydrogens is 330 g/mol. The molecule has 1 aromatic carbocycles. The van der Waals surface area contributed by atoms with Crippen LogP contribution in [0.15, 0.2) is 24.3 Å². The predicted molar refractivity (Wildman–Crippen MR) is 89.4 cm³/mol. The van der Waals surface area contributed by atoms with E-state index in [0.717, 1.165) is 0 Å². The van der Waals surface area contributed by atoms with Gasteiger partial charge in [-0.2, -0.15) is 0 Å². The summed E-state index contributed by atoms with van der Waals surface area (Å²) in [5, 5.41) is 2.50. The Morgan fingerprint density at radius 1 is 1.36 bits per heavy atom. The normalized spacial score (nSPS) is 18.8. The van der Waals surface area contributed by atoms with Crippen LogP contribution in [-0.2, 0) is 16.0 Å². The van der Waals surface area contributed by atoms with Gasteiger partial charge in [-0.15, -0.1) is 0 Å². The molecule has 1 aliphatic rings. The first-order chi connectivity index (χ1) is 11.7. The fourth-order valence-corrected chi connectivity index (χ4v) is 2.67. The summed E-state index contributed by atoms with van der Waals surface area (Å²) < 4.78 is 32.5. The van der Waals surface area contributed by atoms with Crippen LogP contribution in [-0.4, -0.2) is 47.8 Å². The number of nitrogens with one attached hydrogen (secondary N) is 1. The summed E-state index contributed by atoms with van der Waals surface area (Å²) in [6, 6.07) is 5.02. The second kappa shape index (κ2) is 7.80. The van der Waals surface area contributed by atoms with Crippen LogP contribution >= 0.6 is 0 Å². The van der Waals surface area contributed by atoms with Crippen LogP contribution in [0.25, 0.3) is 0 Å². The number of likely N-dealkylation sites (tertiary alicyclic amines) is 1. The molecule has 2 amide bonds. The van der Waals surface area contributed by atoms with Crippen molar-refractivity contribution in [3.8, 4) is 0 Å². The molecule has 5 nitrogen and oxygen atoms in total. The molecule has 0 saturated carbocycles. The maximum absolute atomic E-state index is 13.9. The third-order valence-electron chi connectivity index (χ3n) is 3.81. The van der Waals surface area contributed by atoms with Crippen molar-refractivity contribution >= 4 is 12.0 Å². The SMILES string of the molecule is CC(C)(C)OC(=O)NC(Cc1ccccc1F)C(=O)N1CC[C@H](F)C1. The van der Waals surface area contributed by atoms with E-state index in [1.54, 1.807) is 39.0 Å². The van der Waals surface area contributed by atoms with Gasteiger partial charge in [-0.1, -0.05) is 18.2 Å². The third-order valence-corrected chi connectivity index (χ3v) is 3.81. The van der Waals surface area contributed by atoms with E-state index in [1.165, 1.54) is 11.0 Å². The molecule has 2 rings (SSSR count). The number of rotatable bonds is 4.